The van der Waals surface area contributed by atoms with E-state index in [0.29, 0.717) is 41.0 Å². The maximum absolute atomic E-state index is 13.4. The molecule has 1 atom stereocenters. The molecule has 0 aliphatic carbocycles. The Kier molecular flexibility index (Phi) is 5.86. The van der Waals surface area contributed by atoms with Crippen molar-refractivity contribution in [3.8, 4) is 16.3 Å². The summed E-state index contributed by atoms with van der Waals surface area (Å²) < 4.78 is 31.2. The van der Waals surface area contributed by atoms with Crippen LogP contribution in [0.4, 0.5) is 0 Å². The molecule has 0 radical (unpaired) electrons. The zero-order valence-corrected chi connectivity index (χ0v) is 20.4. The summed E-state index contributed by atoms with van der Waals surface area (Å²) in [4.78, 5) is 19.2. The predicted octanol–water partition coefficient (Wildman–Crippen LogP) is 3.77. The van der Waals surface area contributed by atoms with Crippen LogP contribution < -0.4 is 10.1 Å². The van der Waals surface area contributed by atoms with Crippen molar-refractivity contribution in [1.29, 1.82) is 0 Å². The number of amides is 1. The van der Waals surface area contributed by atoms with E-state index < -0.39 is 9.84 Å². The molecule has 5 rings (SSSR count). The van der Waals surface area contributed by atoms with Gasteiger partial charge in [-0.15, -0.1) is 11.3 Å². The molecule has 176 valence electrons. The molecular weight excluding hydrogens is 472 g/mol. The van der Waals surface area contributed by atoms with Gasteiger partial charge in [-0.2, -0.15) is 5.10 Å². The van der Waals surface area contributed by atoms with Gasteiger partial charge in [0, 0.05) is 6.54 Å². The van der Waals surface area contributed by atoms with Crippen LogP contribution in [-0.2, 0) is 16.4 Å². The Morgan fingerprint density at radius 1 is 1.26 bits per heavy atom. The monoisotopic (exact) mass is 496 g/mol. The lowest BCUT2D eigenvalue weighted by atomic mass is 10.1. The van der Waals surface area contributed by atoms with Crippen LogP contribution in [0.3, 0.4) is 0 Å². The van der Waals surface area contributed by atoms with Gasteiger partial charge in [0.2, 0.25) is 0 Å². The minimum Gasteiger partial charge on any atom is -0.497 e. The average molecular weight is 497 g/mol. The number of fused-ring (bicyclic) bond motifs is 1. The molecule has 0 unspecified atom stereocenters. The van der Waals surface area contributed by atoms with Gasteiger partial charge >= 0.3 is 0 Å². The van der Waals surface area contributed by atoms with Crippen LogP contribution in [0.1, 0.15) is 34.1 Å². The van der Waals surface area contributed by atoms with E-state index in [2.05, 4.69) is 10.4 Å². The number of thiophene rings is 1. The van der Waals surface area contributed by atoms with E-state index in [1.165, 1.54) is 11.3 Å². The number of carbonyl (C=O) groups is 1. The highest BCUT2D eigenvalue weighted by atomic mass is 32.2. The molecule has 0 bridgehead atoms. The van der Waals surface area contributed by atoms with E-state index in [1.807, 2.05) is 48.7 Å². The van der Waals surface area contributed by atoms with Gasteiger partial charge in [0.25, 0.3) is 5.91 Å². The third kappa shape index (κ3) is 4.30. The second-order valence-electron chi connectivity index (χ2n) is 8.35. The summed E-state index contributed by atoms with van der Waals surface area (Å²) in [5, 5.41) is 10.2. The molecule has 1 N–H and O–H groups in total. The van der Waals surface area contributed by atoms with Crippen LogP contribution in [0.5, 0.6) is 5.75 Å². The minimum absolute atomic E-state index is 0.0332. The number of aryl methyl sites for hydroxylation is 1. The molecule has 1 aliphatic heterocycles. The summed E-state index contributed by atoms with van der Waals surface area (Å²) in [5.74, 6) is 0.651. The highest BCUT2D eigenvalue weighted by Gasteiger charge is 2.32. The Morgan fingerprint density at radius 2 is 2.12 bits per heavy atom. The first kappa shape index (κ1) is 22.5. The summed E-state index contributed by atoms with van der Waals surface area (Å²) in [6.45, 7) is 2.16. The average Bonchev–Trinajstić information content (AvgIpc) is 3.56. The number of hydrogen-bond acceptors (Lipinski definition) is 7. The summed E-state index contributed by atoms with van der Waals surface area (Å²) in [5.41, 5.74) is 3.24. The zero-order valence-electron chi connectivity index (χ0n) is 18.8. The van der Waals surface area contributed by atoms with Crippen LogP contribution in [-0.4, -0.2) is 47.7 Å². The summed E-state index contributed by atoms with van der Waals surface area (Å²) in [7, 11) is -1.50. The van der Waals surface area contributed by atoms with Gasteiger partial charge in [-0.25, -0.2) is 18.1 Å². The Labute approximate surface area is 201 Å². The fourth-order valence-electron chi connectivity index (χ4n) is 4.33. The van der Waals surface area contributed by atoms with Crippen molar-refractivity contribution >= 4 is 38.1 Å². The molecule has 1 aliphatic rings. The number of ether oxygens (including phenoxy) is 1. The van der Waals surface area contributed by atoms with Crippen molar-refractivity contribution < 1.29 is 17.9 Å². The Balaban J connectivity index is 1.56. The molecule has 1 fully saturated rings. The largest absolute Gasteiger partial charge is 0.497 e. The number of rotatable bonds is 6. The molecule has 34 heavy (non-hydrogen) atoms. The summed E-state index contributed by atoms with van der Waals surface area (Å²) in [6.07, 6.45) is 0.487. The number of nitrogens with zero attached hydrogens (tertiary/aromatic N) is 3. The number of aromatic nitrogens is 3. The maximum atomic E-state index is 13.4. The predicted molar refractivity (Wildman–Crippen MR) is 132 cm³/mol. The first-order valence-electron chi connectivity index (χ1n) is 10.9. The van der Waals surface area contributed by atoms with Crippen LogP contribution in [0.2, 0.25) is 0 Å². The van der Waals surface area contributed by atoms with Gasteiger partial charge in [0.15, 0.2) is 15.5 Å². The molecular formula is C24H24N4O4S2. The number of nitrogens with one attached hydrogen (secondary N) is 1. The van der Waals surface area contributed by atoms with Crippen molar-refractivity contribution in [2.75, 3.05) is 18.6 Å². The lowest BCUT2D eigenvalue weighted by Gasteiger charge is -2.12. The van der Waals surface area contributed by atoms with Crippen LogP contribution in [0.25, 0.3) is 21.6 Å². The lowest BCUT2D eigenvalue weighted by molar-refractivity contribution is 0.0952. The molecule has 3 aromatic heterocycles. The second-order valence-corrected chi connectivity index (χ2v) is 11.5. The maximum Gasteiger partial charge on any atom is 0.252 e. The minimum atomic E-state index is -3.10. The highest BCUT2D eigenvalue weighted by Crippen LogP contribution is 2.33. The Hall–Kier alpha value is -3.24. The fraction of sp³-hybridized carbons (Fsp3) is 0.292. The van der Waals surface area contributed by atoms with Gasteiger partial charge in [0.1, 0.15) is 5.75 Å². The Morgan fingerprint density at radius 3 is 2.82 bits per heavy atom. The Bertz CT molecular complexity index is 1480. The van der Waals surface area contributed by atoms with Gasteiger partial charge in [0.05, 0.1) is 51.9 Å². The normalized spacial score (nSPS) is 17.2. The van der Waals surface area contributed by atoms with Gasteiger partial charge in [-0.1, -0.05) is 18.2 Å². The van der Waals surface area contributed by atoms with Crippen molar-refractivity contribution in [3.05, 3.63) is 64.7 Å². The molecule has 0 spiro atoms. The van der Waals surface area contributed by atoms with E-state index >= 15 is 0 Å². The molecule has 1 aromatic carbocycles. The summed E-state index contributed by atoms with van der Waals surface area (Å²) >= 11 is 1.53. The molecule has 4 aromatic rings. The number of methoxy groups -OCH3 is 1. The number of pyridine rings is 1. The molecule has 1 saturated heterocycles. The van der Waals surface area contributed by atoms with E-state index in [-0.39, 0.29) is 23.5 Å². The first-order valence-corrected chi connectivity index (χ1v) is 13.6. The number of carbonyl (C=O) groups excluding carboxylic acids is 1. The summed E-state index contributed by atoms with van der Waals surface area (Å²) in [6, 6.07) is 12.9. The van der Waals surface area contributed by atoms with Crippen LogP contribution in [0.15, 0.2) is 47.8 Å². The fourth-order valence-corrected chi connectivity index (χ4v) is 6.70. The first-order chi connectivity index (χ1) is 16.3. The third-order valence-corrected chi connectivity index (χ3v) is 8.64. The SMILES string of the molecule is COc1cccc(CNC(=O)c2cc(-c3cccs3)nc3c2c(C)nn3[C@@H]2CCS(=O)(=O)C2)c1. The van der Waals surface area contributed by atoms with Gasteiger partial charge in [-0.3, -0.25) is 4.79 Å². The zero-order chi connectivity index (χ0) is 23.9. The second kappa shape index (κ2) is 8.84. The quantitative estimate of drug-likeness (QED) is 0.436. The number of benzene rings is 1. The lowest BCUT2D eigenvalue weighted by Crippen LogP contribution is -2.23. The van der Waals surface area contributed by atoms with Crippen molar-refractivity contribution in [3.63, 3.8) is 0 Å². The van der Waals surface area contributed by atoms with Crippen molar-refractivity contribution in [2.45, 2.75) is 25.9 Å². The van der Waals surface area contributed by atoms with E-state index in [0.717, 1.165) is 16.2 Å². The standard InChI is InChI=1S/C24H24N4O4S2/c1-15-22-19(24(29)25-13-16-5-3-6-18(11-16)32-2)12-20(21-7-4-9-33-21)26-23(22)28(27-15)17-8-10-34(30,31)14-17/h3-7,9,11-12,17H,8,10,13-14H2,1-2H3,(H,25,29)/t17-/m1/s1. The van der Waals surface area contributed by atoms with Gasteiger partial charge in [-0.05, 0) is 48.6 Å². The third-order valence-electron chi connectivity index (χ3n) is 6.00. The molecule has 1 amide bonds. The highest BCUT2D eigenvalue weighted by molar-refractivity contribution is 7.91. The smallest absolute Gasteiger partial charge is 0.252 e. The topological polar surface area (TPSA) is 103 Å². The van der Waals surface area contributed by atoms with Crippen LogP contribution >= 0.6 is 11.3 Å². The van der Waals surface area contributed by atoms with E-state index in [1.54, 1.807) is 17.9 Å². The van der Waals surface area contributed by atoms with Crippen molar-refractivity contribution in [2.24, 2.45) is 0 Å². The van der Waals surface area contributed by atoms with E-state index in [9.17, 15) is 13.2 Å². The molecule has 10 heteroatoms. The number of sulfone groups is 1. The number of hydrogen-bond donors (Lipinski definition) is 1. The van der Waals surface area contributed by atoms with Crippen molar-refractivity contribution in [1.82, 2.24) is 20.1 Å². The van der Waals surface area contributed by atoms with Crippen LogP contribution in [0, 0.1) is 6.92 Å². The molecule has 0 saturated carbocycles. The van der Waals surface area contributed by atoms with E-state index in [4.69, 9.17) is 9.72 Å². The molecule has 4 heterocycles. The molecule has 8 nitrogen and oxygen atoms in total. The van der Waals surface area contributed by atoms with Gasteiger partial charge < -0.3 is 10.1 Å².